The maximum atomic E-state index is 12.9. The van der Waals surface area contributed by atoms with Gasteiger partial charge in [-0.15, -0.1) is 0 Å². The van der Waals surface area contributed by atoms with Gasteiger partial charge in [0.25, 0.3) is 0 Å². The van der Waals surface area contributed by atoms with E-state index >= 15 is 0 Å². The molecule has 0 spiro atoms. The van der Waals surface area contributed by atoms with Gasteiger partial charge < -0.3 is 10.8 Å². The molecule has 3 N–H and O–H groups in total. The molecule has 1 aliphatic carbocycles. The van der Waals surface area contributed by atoms with E-state index < -0.39 is 11.8 Å². The SMILES string of the molecule is NC1(Cc2ccc(F)cc2C(=O)O)CC1. The third-order valence-corrected chi connectivity index (χ3v) is 2.74. The molecule has 0 radical (unpaired) electrons. The molecule has 3 nitrogen and oxygen atoms in total. The molecule has 15 heavy (non-hydrogen) atoms. The summed E-state index contributed by atoms with van der Waals surface area (Å²) in [5.41, 5.74) is 6.27. The largest absolute Gasteiger partial charge is 0.478 e. The Bertz CT molecular complexity index is 413. The van der Waals surface area contributed by atoms with Crippen molar-refractivity contribution in [1.29, 1.82) is 0 Å². The Kier molecular flexibility index (Phi) is 2.23. The Morgan fingerprint density at radius 3 is 2.73 bits per heavy atom. The Hall–Kier alpha value is -1.42. The van der Waals surface area contributed by atoms with E-state index in [-0.39, 0.29) is 11.1 Å². The van der Waals surface area contributed by atoms with Gasteiger partial charge >= 0.3 is 5.97 Å². The Labute approximate surface area is 86.7 Å². The summed E-state index contributed by atoms with van der Waals surface area (Å²) >= 11 is 0. The first-order valence-electron chi connectivity index (χ1n) is 4.81. The second-order valence-electron chi connectivity index (χ2n) is 4.15. The molecule has 0 unspecified atom stereocenters. The molecule has 0 aromatic heterocycles. The van der Waals surface area contributed by atoms with Crippen molar-refractivity contribution in [3.8, 4) is 0 Å². The highest BCUT2D eigenvalue weighted by Gasteiger charge is 2.38. The lowest BCUT2D eigenvalue weighted by atomic mass is 9.99. The minimum atomic E-state index is -1.10. The maximum Gasteiger partial charge on any atom is 0.336 e. The fourth-order valence-corrected chi connectivity index (χ4v) is 1.62. The number of carboxylic acids is 1. The number of benzene rings is 1. The van der Waals surface area contributed by atoms with Gasteiger partial charge in [-0.05, 0) is 37.0 Å². The summed E-state index contributed by atoms with van der Waals surface area (Å²) in [4.78, 5) is 10.9. The van der Waals surface area contributed by atoms with Crippen LogP contribution in [0.2, 0.25) is 0 Å². The van der Waals surface area contributed by atoms with Gasteiger partial charge in [-0.2, -0.15) is 0 Å². The van der Waals surface area contributed by atoms with Crippen LogP contribution in [0.4, 0.5) is 4.39 Å². The normalized spacial score (nSPS) is 17.5. The standard InChI is InChI=1S/C11H12FNO2/c12-8-2-1-7(6-11(13)3-4-11)9(5-8)10(14)15/h1-2,5H,3-4,6,13H2,(H,14,15). The van der Waals surface area contributed by atoms with Crippen molar-refractivity contribution in [2.45, 2.75) is 24.8 Å². The van der Waals surface area contributed by atoms with E-state index in [4.69, 9.17) is 10.8 Å². The van der Waals surface area contributed by atoms with Crippen LogP contribution in [-0.2, 0) is 6.42 Å². The van der Waals surface area contributed by atoms with Crippen LogP contribution in [0.3, 0.4) is 0 Å². The van der Waals surface area contributed by atoms with Crippen LogP contribution < -0.4 is 5.73 Å². The number of nitrogens with two attached hydrogens (primary N) is 1. The molecule has 1 aromatic carbocycles. The Balaban J connectivity index is 2.32. The van der Waals surface area contributed by atoms with E-state index in [2.05, 4.69) is 0 Å². The lowest BCUT2D eigenvalue weighted by molar-refractivity contribution is 0.0695. The molecule has 0 aliphatic heterocycles. The summed E-state index contributed by atoms with van der Waals surface area (Å²) < 4.78 is 12.9. The molecule has 0 bridgehead atoms. The van der Waals surface area contributed by atoms with Crippen molar-refractivity contribution >= 4 is 5.97 Å². The van der Waals surface area contributed by atoms with E-state index in [0.29, 0.717) is 12.0 Å². The smallest absolute Gasteiger partial charge is 0.336 e. The van der Waals surface area contributed by atoms with Crippen LogP contribution in [0.25, 0.3) is 0 Å². The van der Waals surface area contributed by atoms with E-state index in [1.165, 1.54) is 12.1 Å². The summed E-state index contributed by atoms with van der Waals surface area (Å²) in [6.07, 6.45) is 2.32. The quantitative estimate of drug-likeness (QED) is 0.794. The van der Waals surface area contributed by atoms with Crippen molar-refractivity contribution in [2.24, 2.45) is 5.73 Å². The monoisotopic (exact) mass is 209 g/mol. The van der Waals surface area contributed by atoms with Gasteiger partial charge in [0.1, 0.15) is 5.82 Å². The van der Waals surface area contributed by atoms with Crippen molar-refractivity contribution in [2.75, 3.05) is 0 Å². The zero-order valence-electron chi connectivity index (χ0n) is 8.16. The molecule has 1 saturated carbocycles. The lowest BCUT2D eigenvalue weighted by Gasteiger charge is -2.11. The zero-order chi connectivity index (χ0) is 11.1. The molecule has 2 rings (SSSR count). The van der Waals surface area contributed by atoms with Gasteiger partial charge in [0, 0.05) is 5.54 Å². The van der Waals surface area contributed by atoms with Crippen molar-refractivity contribution in [3.63, 3.8) is 0 Å². The number of carboxylic acid groups (broad SMARTS) is 1. The first-order chi connectivity index (χ1) is 7.00. The van der Waals surface area contributed by atoms with Gasteiger partial charge in [-0.1, -0.05) is 6.07 Å². The van der Waals surface area contributed by atoms with Gasteiger partial charge in [0.15, 0.2) is 0 Å². The number of hydrogen-bond acceptors (Lipinski definition) is 2. The number of rotatable bonds is 3. The summed E-state index contributed by atoms with van der Waals surface area (Å²) in [7, 11) is 0. The predicted molar refractivity (Wildman–Crippen MR) is 53.2 cm³/mol. The third kappa shape index (κ3) is 2.15. The van der Waals surface area contributed by atoms with Crippen LogP contribution in [0, 0.1) is 5.82 Å². The molecule has 0 atom stereocenters. The van der Waals surface area contributed by atoms with E-state index in [1.54, 1.807) is 0 Å². The predicted octanol–water partition coefficient (Wildman–Crippen LogP) is 1.56. The number of hydrogen-bond donors (Lipinski definition) is 2. The highest BCUT2D eigenvalue weighted by molar-refractivity contribution is 5.89. The van der Waals surface area contributed by atoms with E-state index in [9.17, 15) is 9.18 Å². The van der Waals surface area contributed by atoms with E-state index in [0.717, 1.165) is 18.9 Å². The molecule has 1 aliphatic rings. The van der Waals surface area contributed by atoms with Gasteiger partial charge in [0.05, 0.1) is 5.56 Å². The number of halogens is 1. The van der Waals surface area contributed by atoms with Crippen LogP contribution in [-0.4, -0.2) is 16.6 Å². The van der Waals surface area contributed by atoms with E-state index in [1.807, 2.05) is 0 Å². The van der Waals surface area contributed by atoms with Crippen LogP contribution in [0.5, 0.6) is 0 Å². The van der Waals surface area contributed by atoms with Crippen LogP contribution in [0.15, 0.2) is 18.2 Å². The second-order valence-corrected chi connectivity index (χ2v) is 4.15. The number of aromatic carboxylic acids is 1. The maximum absolute atomic E-state index is 12.9. The van der Waals surface area contributed by atoms with Gasteiger partial charge in [-0.25, -0.2) is 9.18 Å². The Morgan fingerprint density at radius 1 is 1.53 bits per heavy atom. The second kappa shape index (κ2) is 3.31. The van der Waals surface area contributed by atoms with Crippen LogP contribution >= 0.6 is 0 Å². The molecule has 1 fully saturated rings. The highest BCUT2D eigenvalue weighted by Crippen LogP contribution is 2.36. The summed E-state index contributed by atoms with van der Waals surface area (Å²) in [6.45, 7) is 0. The third-order valence-electron chi connectivity index (χ3n) is 2.74. The average Bonchev–Trinajstić information content (AvgIpc) is 2.87. The Morgan fingerprint density at radius 2 is 2.20 bits per heavy atom. The van der Waals surface area contributed by atoms with Crippen molar-refractivity contribution < 1.29 is 14.3 Å². The molecule has 1 aromatic rings. The highest BCUT2D eigenvalue weighted by atomic mass is 19.1. The fourth-order valence-electron chi connectivity index (χ4n) is 1.62. The first kappa shape index (κ1) is 10.1. The minimum absolute atomic E-state index is 0.0201. The fraction of sp³-hybridized carbons (Fsp3) is 0.364. The molecule has 80 valence electrons. The zero-order valence-corrected chi connectivity index (χ0v) is 8.16. The first-order valence-corrected chi connectivity index (χ1v) is 4.81. The minimum Gasteiger partial charge on any atom is -0.478 e. The molecule has 4 heteroatoms. The lowest BCUT2D eigenvalue weighted by Crippen LogP contribution is -2.25. The molecule has 0 heterocycles. The summed E-state index contributed by atoms with van der Waals surface area (Å²) in [5, 5.41) is 8.90. The summed E-state index contributed by atoms with van der Waals surface area (Å²) in [5.74, 6) is -1.63. The van der Waals surface area contributed by atoms with Gasteiger partial charge in [-0.3, -0.25) is 0 Å². The average molecular weight is 209 g/mol. The van der Waals surface area contributed by atoms with Crippen molar-refractivity contribution in [1.82, 2.24) is 0 Å². The molecule has 0 saturated heterocycles. The molecular formula is C11H12FNO2. The molecular weight excluding hydrogens is 197 g/mol. The summed E-state index contributed by atoms with van der Waals surface area (Å²) in [6, 6.07) is 3.82. The topological polar surface area (TPSA) is 63.3 Å². The molecule has 0 amide bonds. The van der Waals surface area contributed by atoms with Gasteiger partial charge in [0.2, 0.25) is 0 Å². The van der Waals surface area contributed by atoms with Crippen molar-refractivity contribution in [3.05, 3.63) is 35.1 Å². The number of carbonyl (C=O) groups is 1. The van der Waals surface area contributed by atoms with Crippen LogP contribution in [0.1, 0.15) is 28.8 Å².